The second kappa shape index (κ2) is 5.01. The Hall–Kier alpha value is -1.88. The summed E-state index contributed by atoms with van der Waals surface area (Å²) in [7, 11) is 1.85. The van der Waals surface area contributed by atoms with Gasteiger partial charge in [-0.15, -0.1) is 0 Å². The third-order valence-electron chi connectivity index (χ3n) is 3.49. The van der Waals surface area contributed by atoms with Crippen LogP contribution in [0.15, 0.2) is 24.3 Å². The molecule has 1 aliphatic heterocycles. The van der Waals surface area contributed by atoms with Gasteiger partial charge >= 0.3 is 0 Å². The van der Waals surface area contributed by atoms with Gasteiger partial charge in [-0.1, -0.05) is 18.2 Å². The van der Waals surface area contributed by atoms with E-state index in [1.54, 1.807) is 4.68 Å². The second-order valence-electron chi connectivity index (χ2n) is 4.83. The Morgan fingerprint density at radius 3 is 3.16 bits per heavy atom. The average Bonchev–Trinajstić information content (AvgIpc) is 3.05. The van der Waals surface area contributed by atoms with Crippen LogP contribution < -0.4 is 5.32 Å². The molecule has 0 radical (unpaired) electrons. The fraction of sp³-hybridized carbons (Fsp3) is 0.429. The molecule has 1 N–H and O–H groups in total. The minimum Gasteiger partial charge on any atom is -0.376 e. The van der Waals surface area contributed by atoms with E-state index in [4.69, 9.17) is 4.74 Å². The van der Waals surface area contributed by atoms with Crippen LogP contribution in [0.2, 0.25) is 0 Å². The van der Waals surface area contributed by atoms with Crippen LogP contribution in [0, 0.1) is 0 Å². The van der Waals surface area contributed by atoms with Crippen LogP contribution in [0.25, 0.3) is 10.9 Å². The maximum Gasteiger partial charge on any atom is 0.272 e. The maximum absolute atomic E-state index is 12.2. The number of nitrogens with one attached hydrogen (secondary N) is 1. The zero-order chi connectivity index (χ0) is 13.2. The van der Waals surface area contributed by atoms with Gasteiger partial charge in [0.15, 0.2) is 5.69 Å². The molecule has 1 fully saturated rings. The van der Waals surface area contributed by atoms with E-state index in [2.05, 4.69) is 10.4 Å². The van der Waals surface area contributed by atoms with Crippen molar-refractivity contribution >= 4 is 16.8 Å². The van der Waals surface area contributed by atoms with E-state index in [1.165, 1.54) is 0 Å². The predicted octanol–water partition coefficient (Wildman–Crippen LogP) is 1.48. The van der Waals surface area contributed by atoms with E-state index in [-0.39, 0.29) is 12.0 Å². The van der Waals surface area contributed by atoms with Gasteiger partial charge in [0.05, 0.1) is 11.6 Å². The number of aryl methyl sites for hydroxylation is 1. The Labute approximate surface area is 111 Å². The number of hydrogen-bond donors (Lipinski definition) is 1. The van der Waals surface area contributed by atoms with Crippen LogP contribution in [0.1, 0.15) is 23.3 Å². The molecule has 0 aliphatic carbocycles. The van der Waals surface area contributed by atoms with Crippen molar-refractivity contribution in [3.8, 4) is 0 Å². The van der Waals surface area contributed by atoms with E-state index in [0.717, 1.165) is 30.4 Å². The standard InChI is InChI=1S/C14H17N3O2/c1-17-12-7-3-2-6-11(12)13(16-17)14(18)15-9-10-5-4-8-19-10/h2-3,6-7,10H,4-5,8-9H2,1H3,(H,15,18). The molecule has 1 amide bonds. The Kier molecular flexibility index (Phi) is 3.21. The van der Waals surface area contributed by atoms with E-state index >= 15 is 0 Å². The molecule has 1 aromatic heterocycles. The van der Waals surface area contributed by atoms with Crippen molar-refractivity contribution in [2.45, 2.75) is 18.9 Å². The van der Waals surface area contributed by atoms with Gasteiger partial charge in [-0.2, -0.15) is 5.10 Å². The minimum atomic E-state index is -0.132. The number of ether oxygens (including phenoxy) is 1. The third-order valence-corrected chi connectivity index (χ3v) is 3.49. The van der Waals surface area contributed by atoms with Crippen molar-refractivity contribution in [1.29, 1.82) is 0 Å². The molecular weight excluding hydrogens is 242 g/mol. The van der Waals surface area contributed by atoms with Gasteiger partial charge < -0.3 is 10.1 Å². The summed E-state index contributed by atoms with van der Waals surface area (Å²) in [5, 5.41) is 8.09. The fourth-order valence-electron chi connectivity index (χ4n) is 2.48. The number of aromatic nitrogens is 2. The molecule has 1 saturated heterocycles. The SMILES string of the molecule is Cn1nc(C(=O)NCC2CCCO2)c2ccccc21. The smallest absolute Gasteiger partial charge is 0.272 e. The summed E-state index contributed by atoms with van der Waals surface area (Å²) in [5.41, 5.74) is 1.45. The largest absolute Gasteiger partial charge is 0.376 e. The number of carbonyl (C=O) groups is 1. The quantitative estimate of drug-likeness (QED) is 0.908. The number of rotatable bonds is 3. The molecule has 0 saturated carbocycles. The lowest BCUT2D eigenvalue weighted by Crippen LogP contribution is -2.32. The number of nitrogens with zero attached hydrogens (tertiary/aromatic N) is 2. The third kappa shape index (κ3) is 2.33. The summed E-state index contributed by atoms with van der Waals surface area (Å²) >= 11 is 0. The van der Waals surface area contributed by atoms with Gasteiger partial charge in [-0.25, -0.2) is 0 Å². The Balaban J connectivity index is 1.77. The molecule has 1 aliphatic rings. The zero-order valence-corrected chi connectivity index (χ0v) is 10.9. The average molecular weight is 259 g/mol. The molecule has 5 nitrogen and oxygen atoms in total. The van der Waals surface area contributed by atoms with Crippen LogP contribution in [0.4, 0.5) is 0 Å². The molecule has 1 atom stereocenters. The molecule has 5 heteroatoms. The molecule has 3 rings (SSSR count). The van der Waals surface area contributed by atoms with Crippen molar-refractivity contribution in [3.63, 3.8) is 0 Å². The van der Waals surface area contributed by atoms with Crippen LogP contribution in [-0.2, 0) is 11.8 Å². The number of para-hydroxylation sites is 1. The summed E-state index contributed by atoms with van der Waals surface area (Å²) < 4.78 is 7.22. The highest BCUT2D eigenvalue weighted by molar-refractivity contribution is 6.04. The lowest BCUT2D eigenvalue weighted by Gasteiger charge is -2.09. The molecule has 1 aromatic carbocycles. The first-order valence-corrected chi connectivity index (χ1v) is 6.57. The van der Waals surface area contributed by atoms with E-state index in [0.29, 0.717) is 12.2 Å². The highest BCUT2D eigenvalue weighted by Crippen LogP contribution is 2.17. The molecule has 2 heterocycles. The lowest BCUT2D eigenvalue weighted by molar-refractivity contribution is 0.0854. The summed E-state index contributed by atoms with van der Waals surface area (Å²) in [6.45, 7) is 1.36. The maximum atomic E-state index is 12.2. The van der Waals surface area contributed by atoms with Crippen molar-refractivity contribution in [2.75, 3.05) is 13.2 Å². The molecule has 19 heavy (non-hydrogen) atoms. The highest BCUT2D eigenvalue weighted by atomic mass is 16.5. The Morgan fingerprint density at radius 2 is 2.37 bits per heavy atom. The number of carbonyl (C=O) groups excluding carboxylic acids is 1. The van der Waals surface area contributed by atoms with Gasteiger partial charge in [0, 0.05) is 25.6 Å². The second-order valence-corrected chi connectivity index (χ2v) is 4.83. The summed E-state index contributed by atoms with van der Waals surface area (Å²) in [5.74, 6) is -0.132. The Morgan fingerprint density at radius 1 is 1.53 bits per heavy atom. The monoisotopic (exact) mass is 259 g/mol. The highest BCUT2D eigenvalue weighted by Gasteiger charge is 2.19. The van der Waals surface area contributed by atoms with E-state index < -0.39 is 0 Å². The summed E-state index contributed by atoms with van der Waals surface area (Å²) in [6.07, 6.45) is 2.25. The zero-order valence-electron chi connectivity index (χ0n) is 10.9. The number of fused-ring (bicyclic) bond motifs is 1. The molecule has 0 spiro atoms. The van der Waals surface area contributed by atoms with Gasteiger partial charge in [0.25, 0.3) is 5.91 Å². The summed E-state index contributed by atoms with van der Waals surface area (Å²) in [6, 6.07) is 7.74. The van der Waals surface area contributed by atoms with Crippen LogP contribution in [0.5, 0.6) is 0 Å². The van der Waals surface area contributed by atoms with Gasteiger partial charge in [-0.05, 0) is 18.9 Å². The van der Waals surface area contributed by atoms with Crippen molar-refractivity contribution in [2.24, 2.45) is 7.05 Å². The fourth-order valence-corrected chi connectivity index (χ4v) is 2.48. The predicted molar refractivity (Wildman–Crippen MR) is 72.0 cm³/mol. The topological polar surface area (TPSA) is 56.2 Å². The van der Waals surface area contributed by atoms with Crippen molar-refractivity contribution in [3.05, 3.63) is 30.0 Å². The number of amides is 1. The lowest BCUT2D eigenvalue weighted by atomic mass is 10.2. The summed E-state index contributed by atoms with van der Waals surface area (Å²) in [4.78, 5) is 12.2. The normalized spacial score (nSPS) is 18.9. The van der Waals surface area contributed by atoms with Crippen LogP contribution in [-0.4, -0.2) is 34.9 Å². The van der Waals surface area contributed by atoms with Crippen molar-refractivity contribution in [1.82, 2.24) is 15.1 Å². The van der Waals surface area contributed by atoms with Crippen LogP contribution in [0.3, 0.4) is 0 Å². The molecule has 100 valence electrons. The number of benzene rings is 1. The first-order valence-electron chi connectivity index (χ1n) is 6.57. The Bertz CT molecular complexity index is 600. The molecule has 2 aromatic rings. The van der Waals surface area contributed by atoms with Gasteiger partial charge in [-0.3, -0.25) is 9.48 Å². The first kappa shape index (κ1) is 12.2. The van der Waals surface area contributed by atoms with Crippen LogP contribution >= 0.6 is 0 Å². The number of hydrogen-bond acceptors (Lipinski definition) is 3. The van der Waals surface area contributed by atoms with E-state index in [9.17, 15) is 4.79 Å². The molecular formula is C14H17N3O2. The van der Waals surface area contributed by atoms with Gasteiger partial charge in [0.2, 0.25) is 0 Å². The van der Waals surface area contributed by atoms with Gasteiger partial charge in [0.1, 0.15) is 0 Å². The van der Waals surface area contributed by atoms with E-state index in [1.807, 2.05) is 31.3 Å². The molecule has 1 unspecified atom stereocenters. The first-order chi connectivity index (χ1) is 9.25. The minimum absolute atomic E-state index is 0.132. The van der Waals surface area contributed by atoms with Crippen molar-refractivity contribution < 1.29 is 9.53 Å². The molecule has 0 bridgehead atoms.